The molecule has 0 spiro atoms. The molecule has 0 aromatic carbocycles. The Morgan fingerprint density at radius 3 is 1.71 bits per heavy atom. The molecule has 0 saturated carbocycles. The summed E-state index contributed by atoms with van der Waals surface area (Å²) in [6.45, 7) is 8.80. The molecule has 1 aliphatic heterocycles. The normalized spacial score (nSPS) is 23.6. The monoisotopic (exact) mass is 214 g/mol. The average Bonchev–Trinajstić information content (AvgIpc) is 2.53. The van der Waals surface area contributed by atoms with Crippen LogP contribution in [-0.4, -0.2) is 16.2 Å². The van der Waals surface area contributed by atoms with E-state index in [0.29, 0.717) is 0 Å². The zero-order valence-electron chi connectivity index (χ0n) is 9.74. The number of rotatable bonds is 4. The molecule has 1 saturated heterocycles. The van der Waals surface area contributed by atoms with Gasteiger partial charge in [0.05, 0.1) is 16.2 Å². The van der Waals surface area contributed by atoms with Crippen molar-refractivity contribution in [3.63, 3.8) is 0 Å². The molecule has 0 amide bonds. The Bertz CT molecular complexity index is 217. The van der Waals surface area contributed by atoms with E-state index in [1.165, 1.54) is 0 Å². The van der Waals surface area contributed by atoms with Gasteiger partial charge in [-0.05, 0) is 25.7 Å². The topological polar surface area (TPSA) is 24.1 Å². The zero-order chi connectivity index (χ0) is 10.8. The molecule has 0 aromatic rings. The Kier molecular flexibility index (Phi) is 3.53. The molecule has 1 aliphatic rings. The van der Waals surface area contributed by atoms with E-state index in [2.05, 4.69) is 38.3 Å². The van der Waals surface area contributed by atoms with E-state index in [0.717, 1.165) is 30.7 Å². The van der Waals surface area contributed by atoms with Gasteiger partial charge >= 0.3 is 0 Å². The van der Waals surface area contributed by atoms with Gasteiger partial charge < -0.3 is 5.32 Å². The maximum atomic E-state index is 5.46. The van der Waals surface area contributed by atoms with E-state index < -0.39 is 0 Å². The molecule has 82 valence electrons. The first-order chi connectivity index (χ1) is 6.58. The Balaban J connectivity index is 2.91. The van der Waals surface area contributed by atoms with Crippen LogP contribution in [0.1, 0.15) is 53.4 Å². The van der Waals surface area contributed by atoms with E-state index in [4.69, 9.17) is 12.2 Å². The maximum Gasteiger partial charge on any atom is 0.0972 e. The minimum absolute atomic E-state index is 0.0430. The second-order valence-electron chi connectivity index (χ2n) is 4.16. The fourth-order valence-corrected chi connectivity index (χ4v) is 2.77. The van der Waals surface area contributed by atoms with Crippen molar-refractivity contribution in [3.8, 4) is 0 Å². The van der Waals surface area contributed by atoms with E-state index in [1.54, 1.807) is 0 Å². The van der Waals surface area contributed by atoms with Crippen molar-refractivity contribution in [1.82, 2.24) is 10.6 Å². The summed E-state index contributed by atoms with van der Waals surface area (Å²) in [7, 11) is 0. The van der Waals surface area contributed by atoms with Gasteiger partial charge in [-0.3, -0.25) is 5.32 Å². The Morgan fingerprint density at radius 1 is 1.00 bits per heavy atom. The molecule has 2 N–H and O–H groups in total. The number of hydrogen-bond donors (Lipinski definition) is 2. The fraction of sp³-hybridized carbons (Fsp3) is 0.909. The predicted molar refractivity (Wildman–Crippen MR) is 65.5 cm³/mol. The molecule has 0 aromatic heterocycles. The Labute approximate surface area is 92.8 Å². The van der Waals surface area contributed by atoms with Gasteiger partial charge in [-0.2, -0.15) is 0 Å². The van der Waals surface area contributed by atoms with Crippen LogP contribution < -0.4 is 10.6 Å². The molecular formula is C11H22N2S. The minimum Gasteiger partial charge on any atom is -0.360 e. The van der Waals surface area contributed by atoms with Gasteiger partial charge in [-0.15, -0.1) is 0 Å². The van der Waals surface area contributed by atoms with E-state index in [9.17, 15) is 0 Å². The van der Waals surface area contributed by atoms with E-state index >= 15 is 0 Å². The molecule has 0 radical (unpaired) electrons. The second-order valence-corrected chi connectivity index (χ2v) is 4.57. The van der Waals surface area contributed by atoms with Gasteiger partial charge in [0, 0.05) is 0 Å². The van der Waals surface area contributed by atoms with Crippen molar-refractivity contribution < 1.29 is 0 Å². The minimum atomic E-state index is 0.0430. The van der Waals surface area contributed by atoms with Crippen LogP contribution >= 0.6 is 12.2 Å². The van der Waals surface area contributed by atoms with Crippen molar-refractivity contribution in [2.24, 2.45) is 0 Å². The highest BCUT2D eigenvalue weighted by atomic mass is 32.1. The smallest absolute Gasteiger partial charge is 0.0972 e. The standard InChI is InChI=1S/C11H22N2S/c1-5-10(6-2)9(14)12-11(7-3,8-4)13-10/h13H,5-8H2,1-4H3,(H,12,14). The van der Waals surface area contributed by atoms with Crippen LogP contribution in [0.25, 0.3) is 0 Å². The fourth-order valence-electron chi connectivity index (χ4n) is 2.23. The molecule has 0 atom stereocenters. The summed E-state index contributed by atoms with van der Waals surface area (Å²) >= 11 is 5.46. The van der Waals surface area contributed by atoms with Crippen molar-refractivity contribution in [2.45, 2.75) is 64.6 Å². The summed E-state index contributed by atoms with van der Waals surface area (Å²) in [6.07, 6.45) is 4.28. The summed E-state index contributed by atoms with van der Waals surface area (Å²) < 4.78 is 0. The Morgan fingerprint density at radius 2 is 1.50 bits per heavy atom. The van der Waals surface area contributed by atoms with Crippen molar-refractivity contribution >= 4 is 17.2 Å². The number of hydrogen-bond acceptors (Lipinski definition) is 2. The Hall–Kier alpha value is -0.150. The highest BCUT2D eigenvalue weighted by molar-refractivity contribution is 7.80. The molecule has 1 heterocycles. The molecule has 1 rings (SSSR count). The zero-order valence-corrected chi connectivity index (χ0v) is 10.6. The lowest BCUT2D eigenvalue weighted by atomic mass is 9.93. The summed E-state index contributed by atoms with van der Waals surface area (Å²) in [5.74, 6) is 0. The number of nitrogens with one attached hydrogen (secondary N) is 2. The van der Waals surface area contributed by atoms with Crippen LogP contribution in [-0.2, 0) is 0 Å². The lowest BCUT2D eigenvalue weighted by Crippen LogP contribution is -2.52. The first-order valence-electron chi connectivity index (χ1n) is 5.70. The molecular weight excluding hydrogens is 192 g/mol. The summed E-state index contributed by atoms with van der Waals surface area (Å²) in [5.41, 5.74) is 0.0878. The van der Waals surface area contributed by atoms with Gasteiger partial charge in [-0.1, -0.05) is 39.9 Å². The quantitative estimate of drug-likeness (QED) is 0.703. The predicted octanol–water partition coefficient (Wildman–Crippen LogP) is 2.58. The third-order valence-electron chi connectivity index (χ3n) is 3.68. The van der Waals surface area contributed by atoms with Crippen LogP contribution in [0.4, 0.5) is 0 Å². The molecule has 1 fully saturated rings. The van der Waals surface area contributed by atoms with Gasteiger partial charge in [-0.25, -0.2) is 0 Å². The highest BCUT2D eigenvalue weighted by Crippen LogP contribution is 2.30. The lowest BCUT2D eigenvalue weighted by molar-refractivity contribution is 0.256. The van der Waals surface area contributed by atoms with Gasteiger partial charge in [0.15, 0.2) is 0 Å². The molecule has 14 heavy (non-hydrogen) atoms. The van der Waals surface area contributed by atoms with E-state index in [1.807, 2.05) is 0 Å². The van der Waals surface area contributed by atoms with Crippen molar-refractivity contribution in [1.29, 1.82) is 0 Å². The third kappa shape index (κ3) is 1.68. The highest BCUT2D eigenvalue weighted by Gasteiger charge is 2.46. The third-order valence-corrected chi connectivity index (χ3v) is 4.17. The van der Waals surface area contributed by atoms with Crippen LogP contribution in [0.3, 0.4) is 0 Å². The van der Waals surface area contributed by atoms with Crippen LogP contribution in [0.5, 0.6) is 0 Å². The molecule has 0 unspecified atom stereocenters. The number of thiocarbonyl (C=S) groups is 1. The van der Waals surface area contributed by atoms with Crippen LogP contribution in [0.2, 0.25) is 0 Å². The summed E-state index contributed by atoms with van der Waals surface area (Å²) in [6, 6.07) is 0. The van der Waals surface area contributed by atoms with Crippen molar-refractivity contribution in [2.75, 3.05) is 0 Å². The van der Waals surface area contributed by atoms with Gasteiger partial charge in [0.1, 0.15) is 0 Å². The lowest BCUT2D eigenvalue weighted by Gasteiger charge is -2.31. The molecule has 3 heteroatoms. The SMILES string of the molecule is CCC1(CC)NC(=S)C(CC)(CC)N1. The largest absolute Gasteiger partial charge is 0.360 e. The molecule has 0 bridgehead atoms. The van der Waals surface area contributed by atoms with Gasteiger partial charge in [0.2, 0.25) is 0 Å². The summed E-state index contributed by atoms with van der Waals surface area (Å²) in [4.78, 5) is 1.01. The van der Waals surface area contributed by atoms with E-state index in [-0.39, 0.29) is 11.2 Å². The summed E-state index contributed by atoms with van der Waals surface area (Å²) in [5, 5.41) is 7.19. The average molecular weight is 214 g/mol. The van der Waals surface area contributed by atoms with Gasteiger partial charge in [0.25, 0.3) is 0 Å². The second kappa shape index (κ2) is 4.15. The first kappa shape index (κ1) is 11.9. The first-order valence-corrected chi connectivity index (χ1v) is 6.11. The molecule has 2 nitrogen and oxygen atoms in total. The van der Waals surface area contributed by atoms with Crippen LogP contribution in [0, 0.1) is 0 Å². The molecule has 0 aliphatic carbocycles. The van der Waals surface area contributed by atoms with Crippen molar-refractivity contribution in [3.05, 3.63) is 0 Å². The van der Waals surface area contributed by atoms with Crippen LogP contribution in [0.15, 0.2) is 0 Å². The maximum absolute atomic E-state index is 5.46.